The molecular weight excluding hydrogens is 362 g/mol. The Balaban J connectivity index is 1.63. The van der Waals surface area contributed by atoms with Crippen LogP contribution in [0.5, 0.6) is 11.5 Å². The third-order valence-corrected chi connectivity index (χ3v) is 3.87. The van der Waals surface area contributed by atoms with Crippen molar-refractivity contribution in [3.05, 3.63) is 93.9 Å². The van der Waals surface area contributed by atoms with E-state index in [9.17, 15) is 14.9 Å². The van der Waals surface area contributed by atoms with Gasteiger partial charge in [-0.15, -0.1) is 0 Å². The van der Waals surface area contributed by atoms with Crippen molar-refractivity contribution < 1.29 is 23.6 Å². The zero-order valence-electron chi connectivity index (χ0n) is 15.0. The third kappa shape index (κ3) is 4.64. The van der Waals surface area contributed by atoms with Crippen LogP contribution in [0.4, 0.5) is 5.69 Å². The summed E-state index contributed by atoms with van der Waals surface area (Å²) in [6.07, 6.45) is 2.95. The highest BCUT2D eigenvalue weighted by atomic mass is 16.6. The Bertz CT molecular complexity index is 1020. The number of carbonyl (C=O) groups excluding carboxylic acids is 1. The largest absolute Gasteiger partial charge is 0.497 e. The van der Waals surface area contributed by atoms with Crippen LogP contribution in [-0.4, -0.2) is 17.8 Å². The van der Waals surface area contributed by atoms with E-state index < -0.39 is 4.92 Å². The van der Waals surface area contributed by atoms with Gasteiger partial charge in [0.05, 0.1) is 12.0 Å². The summed E-state index contributed by atoms with van der Waals surface area (Å²) >= 11 is 0. The highest BCUT2D eigenvalue weighted by Crippen LogP contribution is 2.27. The smallest absolute Gasteiger partial charge is 0.310 e. The number of ether oxygens (including phenoxy) is 2. The van der Waals surface area contributed by atoms with Crippen LogP contribution in [0.1, 0.15) is 21.9 Å². The van der Waals surface area contributed by atoms with Gasteiger partial charge in [-0.1, -0.05) is 24.3 Å². The molecule has 1 heterocycles. The molecule has 0 N–H and O–H groups in total. The van der Waals surface area contributed by atoms with Crippen molar-refractivity contribution in [1.82, 2.24) is 0 Å². The Kier molecular flexibility index (Phi) is 5.86. The Morgan fingerprint density at radius 3 is 2.75 bits per heavy atom. The number of allylic oxidation sites excluding steroid dienone is 1. The molecule has 0 aliphatic heterocycles. The van der Waals surface area contributed by atoms with E-state index in [1.54, 1.807) is 54.6 Å². The fraction of sp³-hybridized carbons (Fsp3) is 0.0952. The van der Waals surface area contributed by atoms with E-state index in [4.69, 9.17) is 13.9 Å². The summed E-state index contributed by atoms with van der Waals surface area (Å²) in [5.74, 6) is 1.53. The lowest BCUT2D eigenvalue weighted by Crippen LogP contribution is -1.97. The van der Waals surface area contributed by atoms with Gasteiger partial charge in [0.15, 0.2) is 11.5 Å². The van der Waals surface area contributed by atoms with Gasteiger partial charge in [0, 0.05) is 11.6 Å². The van der Waals surface area contributed by atoms with Crippen molar-refractivity contribution in [1.29, 1.82) is 0 Å². The van der Waals surface area contributed by atoms with Gasteiger partial charge >= 0.3 is 5.69 Å². The lowest BCUT2D eigenvalue weighted by molar-refractivity contribution is -0.386. The number of rotatable bonds is 8. The molecule has 7 nitrogen and oxygen atoms in total. The van der Waals surface area contributed by atoms with Gasteiger partial charge in [-0.05, 0) is 42.5 Å². The Morgan fingerprint density at radius 1 is 1.14 bits per heavy atom. The van der Waals surface area contributed by atoms with Gasteiger partial charge in [-0.3, -0.25) is 14.9 Å². The molecule has 0 saturated carbocycles. The molecule has 0 bridgehead atoms. The number of ketones is 1. The fourth-order valence-corrected chi connectivity index (χ4v) is 2.47. The molecule has 2 aromatic carbocycles. The van der Waals surface area contributed by atoms with Crippen molar-refractivity contribution in [3.63, 3.8) is 0 Å². The van der Waals surface area contributed by atoms with E-state index in [2.05, 4.69) is 0 Å². The van der Waals surface area contributed by atoms with Gasteiger partial charge in [-0.2, -0.15) is 0 Å². The van der Waals surface area contributed by atoms with Crippen LogP contribution in [0.2, 0.25) is 0 Å². The maximum absolute atomic E-state index is 12.2. The van der Waals surface area contributed by atoms with E-state index in [1.165, 1.54) is 25.3 Å². The van der Waals surface area contributed by atoms with Crippen LogP contribution < -0.4 is 9.47 Å². The van der Waals surface area contributed by atoms with Crippen molar-refractivity contribution in [2.75, 3.05) is 7.11 Å². The van der Waals surface area contributed by atoms with Gasteiger partial charge < -0.3 is 13.9 Å². The molecule has 0 radical (unpaired) electrons. The highest BCUT2D eigenvalue weighted by molar-refractivity contribution is 6.06. The van der Waals surface area contributed by atoms with Gasteiger partial charge in [0.1, 0.15) is 23.9 Å². The van der Waals surface area contributed by atoms with Crippen LogP contribution in [0.3, 0.4) is 0 Å². The average Bonchev–Trinajstić information content (AvgIpc) is 3.18. The van der Waals surface area contributed by atoms with Crippen molar-refractivity contribution in [3.8, 4) is 11.5 Å². The number of furan rings is 1. The van der Waals surface area contributed by atoms with E-state index >= 15 is 0 Å². The number of nitro groups is 1. The van der Waals surface area contributed by atoms with Crippen molar-refractivity contribution in [2.24, 2.45) is 0 Å². The zero-order chi connectivity index (χ0) is 19.9. The van der Waals surface area contributed by atoms with Crippen LogP contribution in [-0.2, 0) is 6.61 Å². The second-order valence-corrected chi connectivity index (χ2v) is 5.75. The lowest BCUT2D eigenvalue weighted by Gasteiger charge is -2.04. The first kappa shape index (κ1) is 18.9. The molecule has 1 aromatic heterocycles. The molecule has 0 aliphatic rings. The SMILES string of the molecule is COc1cccc(C(=O)/C=C/c2ccc(COc3ccccc3[N+](=O)[O-])o2)c1. The lowest BCUT2D eigenvalue weighted by atomic mass is 10.1. The Labute approximate surface area is 161 Å². The maximum Gasteiger partial charge on any atom is 0.310 e. The molecule has 3 rings (SSSR count). The van der Waals surface area contributed by atoms with E-state index in [-0.39, 0.29) is 23.8 Å². The number of para-hydroxylation sites is 2. The molecule has 0 saturated heterocycles. The third-order valence-electron chi connectivity index (χ3n) is 3.87. The topological polar surface area (TPSA) is 91.8 Å². The number of hydrogen-bond donors (Lipinski definition) is 0. The molecule has 28 heavy (non-hydrogen) atoms. The summed E-state index contributed by atoms with van der Waals surface area (Å²) in [7, 11) is 1.54. The minimum Gasteiger partial charge on any atom is -0.497 e. The summed E-state index contributed by atoms with van der Waals surface area (Å²) in [6.45, 7) is 0.0303. The summed E-state index contributed by atoms with van der Waals surface area (Å²) in [4.78, 5) is 22.7. The first-order chi connectivity index (χ1) is 13.6. The summed E-state index contributed by atoms with van der Waals surface area (Å²) < 4.78 is 16.2. The first-order valence-electron chi connectivity index (χ1n) is 8.38. The molecule has 0 spiro atoms. The van der Waals surface area contributed by atoms with Crippen LogP contribution >= 0.6 is 0 Å². The molecule has 0 fully saturated rings. The van der Waals surface area contributed by atoms with Gasteiger partial charge in [-0.25, -0.2) is 0 Å². The quantitative estimate of drug-likeness (QED) is 0.244. The highest BCUT2D eigenvalue weighted by Gasteiger charge is 2.14. The minimum absolute atomic E-state index is 0.0303. The van der Waals surface area contributed by atoms with Gasteiger partial charge in [0.25, 0.3) is 0 Å². The summed E-state index contributed by atoms with van der Waals surface area (Å²) in [5, 5.41) is 11.0. The molecule has 0 amide bonds. The standard InChI is InChI=1S/C21H17NO6/c1-26-17-6-4-5-15(13-17)20(23)12-11-16-9-10-18(28-16)14-27-21-8-3-2-7-19(21)22(24)25/h2-13H,14H2,1H3/b12-11+. The second-order valence-electron chi connectivity index (χ2n) is 5.75. The number of nitro benzene ring substituents is 1. The number of carbonyl (C=O) groups is 1. The summed E-state index contributed by atoms with van der Waals surface area (Å²) in [5.41, 5.74) is 0.389. The monoisotopic (exact) mass is 379 g/mol. The Hall–Kier alpha value is -3.87. The molecule has 3 aromatic rings. The number of nitrogens with zero attached hydrogens (tertiary/aromatic N) is 1. The molecule has 0 unspecified atom stereocenters. The molecule has 142 valence electrons. The van der Waals surface area contributed by atoms with Gasteiger partial charge in [0.2, 0.25) is 0 Å². The van der Waals surface area contributed by atoms with Crippen LogP contribution in [0, 0.1) is 10.1 Å². The number of benzene rings is 2. The van der Waals surface area contributed by atoms with E-state index in [1.807, 2.05) is 0 Å². The predicted octanol–water partition coefficient (Wildman–Crippen LogP) is 4.67. The van der Waals surface area contributed by atoms with Crippen LogP contribution in [0.15, 0.2) is 71.2 Å². The molecular formula is C21H17NO6. The molecule has 0 atom stereocenters. The second kappa shape index (κ2) is 8.68. The van der Waals surface area contributed by atoms with Crippen molar-refractivity contribution in [2.45, 2.75) is 6.61 Å². The summed E-state index contributed by atoms with van der Waals surface area (Å²) in [6, 6.07) is 16.3. The van der Waals surface area contributed by atoms with E-state index in [0.29, 0.717) is 22.8 Å². The first-order valence-corrected chi connectivity index (χ1v) is 8.38. The predicted molar refractivity (Wildman–Crippen MR) is 102 cm³/mol. The minimum atomic E-state index is -0.504. The molecule has 0 aliphatic carbocycles. The normalized spacial score (nSPS) is 10.8. The average molecular weight is 379 g/mol. The fourth-order valence-electron chi connectivity index (χ4n) is 2.47. The Morgan fingerprint density at radius 2 is 1.96 bits per heavy atom. The van der Waals surface area contributed by atoms with Crippen LogP contribution in [0.25, 0.3) is 6.08 Å². The van der Waals surface area contributed by atoms with E-state index in [0.717, 1.165) is 0 Å². The zero-order valence-corrected chi connectivity index (χ0v) is 15.0. The number of hydrogen-bond acceptors (Lipinski definition) is 6. The van der Waals surface area contributed by atoms with Crippen molar-refractivity contribution >= 4 is 17.5 Å². The maximum atomic E-state index is 12.2. The molecule has 7 heteroatoms. The number of methoxy groups -OCH3 is 1.